The van der Waals surface area contributed by atoms with Crippen LogP contribution in [0, 0.1) is 0 Å². The number of ether oxygens (including phenoxy) is 3. The van der Waals surface area contributed by atoms with Crippen molar-refractivity contribution in [2.75, 3.05) is 19.1 Å². The minimum Gasteiger partial charge on any atom is -0.497 e. The first-order valence-corrected chi connectivity index (χ1v) is 11.4. The Bertz CT molecular complexity index is 1350. The lowest BCUT2D eigenvalue weighted by atomic mass is 10.1. The Morgan fingerprint density at radius 2 is 1.61 bits per heavy atom. The fourth-order valence-corrected chi connectivity index (χ4v) is 3.89. The molecular formula is C26H20Cl2N2O6. The first-order chi connectivity index (χ1) is 17.3. The van der Waals surface area contributed by atoms with Crippen molar-refractivity contribution in [1.29, 1.82) is 0 Å². The molecule has 8 nitrogen and oxygen atoms in total. The van der Waals surface area contributed by atoms with Crippen LogP contribution >= 0.6 is 23.2 Å². The third-order valence-electron chi connectivity index (χ3n) is 5.29. The van der Waals surface area contributed by atoms with Crippen LogP contribution < -0.4 is 24.4 Å². The number of urea groups is 1. The molecular weight excluding hydrogens is 507 g/mol. The molecule has 1 heterocycles. The highest BCUT2D eigenvalue weighted by molar-refractivity contribution is 6.39. The average molecular weight is 527 g/mol. The number of hydrogen-bond donors (Lipinski definition) is 1. The van der Waals surface area contributed by atoms with E-state index >= 15 is 0 Å². The van der Waals surface area contributed by atoms with Gasteiger partial charge < -0.3 is 14.2 Å². The summed E-state index contributed by atoms with van der Waals surface area (Å²) in [5.41, 5.74) is 1.30. The zero-order valence-electron chi connectivity index (χ0n) is 19.2. The Labute approximate surface area is 217 Å². The van der Waals surface area contributed by atoms with Gasteiger partial charge in [0.15, 0.2) is 11.5 Å². The summed E-state index contributed by atoms with van der Waals surface area (Å²) in [7, 11) is 2.95. The Kier molecular flexibility index (Phi) is 7.47. The van der Waals surface area contributed by atoms with E-state index in [9.17, 15) is 14.4 Å². The number of barbiturate groups is 1. The number of benzene rings is 3. The maximum atomic E-state index is 13.1. The Hall–Kier alpha value is -4.01. The molecule has 4 rings (SSSR count). The van der Waals surface area contributed by atoms with Crippen molar-refractivity contribution in [1.82, 2.24) is 5.32 Å². The second kappa shape index (κ2) is 10.7. The van der Waals surface area contributed by atoms with E-state index in [4.69, 9.17) is 37.4 Å². The van der Waals surface area contributed by atoms with E-state index in [0.717, 1.165) is 10.5 Å². The van der Waals surface area contributed by atoms with E-state index < -0.39 is 17.8 Å². The summed E-state index contributed by atoms with van der Waals surface area (Å²) in [4.78, 5) is 39.0. The van der Waals surface area contributed by atoms with E-state index in [1.54, 1.807) is 30.3 Å². The number of nitrogens with zero attached hydrogens (tertiary/aromatic N) is 1. The molecule has 0 aromatic heterocycles. The third kappa shape index (κ3) is 5.30. The van der Waals surface area contributed by atoms with Gasteiger partial charge in [-0.15, -0.1) is 0 Å². The minimum absolute atomic E-state index is 0.210. The van der Waals surface area contributed by atoms with Crippen molar-refractivity contribution in [3.63, 3.8) is 0 Å². The molecule has 1 aliphatic heterocycles. The molecule has 0 spiro atoms. The molecule has 0 atom stereocenters. The lowest BCUT2D eigenvalue weighted by Gasteiger charge is -2.26. The first kappa shape index (κ1) is 25.1. The van der Waals surface area contributed by atoms with Crippen molar-refractivity contribution >= 4 is 52.8 Å². The molecule has 0 aliphatic carbocycles. The highest BCUT2D eigenvalue weighted by Crippen LogP contribution is 2.38. The first-order valence-electron chi connectivity index (χ1n) is 10.6. The van der Waals surface area contributed by atoms with Crippen molar-refractivity contribution in [3.05, 3.63) is 87.4 Å². The van der Waals surface area contributed by atoms with Gasteiger partial charge in [0.25, 0.3) is 11.8 Å². The SMILES string of the molecule is COc1ccc(N2C(=O)NC(=O)/C(=C\c3cc(Cl)c(OCc4ccc(Cl)cc4)c(OC)c3)C2=O)cc1. The smallest absolute Gasteiger partial charge is 0.335 e. The summed E-state index contributed by atoms with van der Waals surface area (Å²) in [5, 5.41) is 3.01. The average Bonchev–Trinajstić information content (AvgIpc) is 2.87. The Morgan fingerprint density at radius 1 is 0.917 bits per heavy atom. The number of anilines is 1. The predicted molar refractivity (Wildman–Crippen MR) is 136 cm³/mol. The monoisotopic (exact) mass is 526 g/mol. The van der Waals surface area contributed by atoms with Crippen LogP contribution in [0.2, 0.25) is 10.0 Å². The highest BCUT2D eigenvalue weighted by atomic mass is 35.5. The molecule has 184 valence electrons. The normalized spacial score (nSPS) is 14.6. The molecule has 1 fully saturated rings. The molecule has 36 heavy (non-hydrogen) atoms. The number of methoxy groups -OCH3 is 2. The van der Waals surface area contributed by atoms with Crippen LogP contribution in [-0.2, 0) is 16.2 Å². The van der Waals surface area contributed by atoms with Crippen LogP contribution in [0.15, 0.2) is 66.2 Å². The molecule has 3 aromatic rings. The zero-order valence-corrected chi connectivity index (χ0v) is 20.7. The molecule has 0 bridgehead atoms. The summed E-state index contributed by atoms with van der Waals surface area (Å²) in [6.07, 6.45) is 1.33. The number of carbonyl (C=O) groups is 3. The topological polar surface area (TPSA) is 94.2 Å². The molecule has 3 aromatic carbocycles. The molecule has 0 radical (unpaired) electrons. The number of nitrogens with one attached hydrogen (secondary N) is 1. The van der Waals surface area contributed by atoms with Gasteiger partial charge in [0.1, 0.15) is 17.9 Å². The fraction of sp³-hybridized carbons (Fsp3) is 0.115. The maximum Gasteiger partial charge on any atom is 0.335 e. The third-order valence-corrected chi connectivity index (χ3v) is 5.82. The van der Waals surface area contributed by atoms with Crippen LogP contribution in [-0.4, -0.2) is 32.1 Å². The van der Waals surface area contributed by atoms with Crippen LogP contribution in [0.3, 0.4) is 0 Å². The van der Waals surface area contributed by atoms with Gasteiger partial charge in [-0.1, -0.05) is 35.3 Å². The van der Waals surface area contributed by atoms with Gasteiger partial charge in [0, 0.05) is 5.02 Å². The van der Waals surface area contributed by atoms with Crippen molar-refractivity contribution < 1.29 is 28.6 Å². The summed E-state index contributed by atoms with van der Waals surface area (Å²) in [5.74, 6) is -0.462. The van der Waals surface area contributed by atoms with E-state index in [-0.39, 0.29) is 22.9 Å². The van der Waals surface area contributed by atoms with E-state index in [2.05, 4.69) is 5.32 Å². The van der Waals surface area contributed by atoms with Crippen molar-refractivity contribution in [2.24, 2.45) is 0 Å². The van der Waals surface area contributed by atoms with Gasteiger partial charge in [-0.2, -0.15) is 0 Å². The number of rotatable bonds is 7. The van der Waals surface area contributed by atoms with Crippen LogP contribution in [0.4, 0.5) is 10.5 Å². The van der Waals surface area contributed by atoms with Crippen molar-refractivity contribution in [3.8, 4) is 17.2 Å². The van der Waals surface area contributed by atoms with Crippen LogP contribution in [0.1, 0.15) is 11.1 Å². The van der Waals surface area contributed by atoms with Crippen LogP contribution in [0.5, 0.6) is 17.2 Å². The van der Waals surface area contributed by atoms with E-state index in [0.29, 0.717) is 27.8 Å². The molecule has 1 N–H and O–H groups in total. The van der Waals surface area contributed by atoms with Crippen LogP contribution in [0.25, 0.3) is 6.08 Å². The minimum atomic E-state index is -0.853. The Balaban J connectivity index is 1.62. The summed E-state index contributed by atoms with van der Waals surface area (Å²) in [6.45, 7) is 0.216. The molecule has 4 amide bonds. The number of amides is 4. The van der Waals surface area contributed by atoms with Crippen molar-refractivity contribution in [2.45, 2.75) is 6.61 Å². The second-order valence-corrected chi connectivity index (χ2v) is 8.45. The zero-order chi connectivity index (χ0) is 25.8. The van der Waals surface area contributed by atoms with E-state index in [1.165, 1.54) is 38.5 Å². The van der Waals surface area contributed by atoms with Gasteiger partial charge in [-0.3, -0.25) is 14.9 Å². The highest BCUT2D eigenvalue weighted by Gasteiger charge is 2.36. The molecule has 1 aliphatic rings. The predicted octanol–water partition coefficient (Wildman–Crippen LogP) is 5.26. The van der Waals surface area contributed by atoms with E-state index in [1.807, 2.05) is 12.1 Å². The van der Waals surface area contributed by atoms with Gasteiger partial charge in [-0.05, 0) is 65.7 Å². The largest absolute Gasteiger partial charge is 0.497 e. The van der Waals surface area contributed by atoms with Gasteiger partial charge in [0.05, 0.1) is 24.9 Å². The fourth-order valence-electron chi connectivity index (χ4n) is 3.49. The number of carbonyl (C=O) groups excluding carboxylic acids is 3. The molecule has 0 saturated carbocycles. The lowest BCUT2D eigenvalue weighted by molar-refractivity contribution is -0.122. The molecule has 1 saturated heterocycles. The number of hydrogen-bond acceptors (Lipinski definition) is 6. The van der Waals surface area contributed by atoms with Gasteiger partial charge in [0.2, 0.25) is 0 Å². The molecule has 0 unspecified atom stereocenters. The quantitative estimate of drug-likeness (QED) is 0.333. The summed E-state index contributed by atoms with van der Waals surface area (Å²) < 4.78 is 16.4. The second-order valence-electron chi connectivity index (χ2n) is 7.61. The molecule has 10 heteroatoms. The summed E-state index contributed by atoms with van der Waals surface area (Å²) in [6, 6.07) is 15.7. The standard InChI is InChI=1S/C26H20Cl2N2O6/c1-34-19-9-7-18(8-10-19)30-25(32)20(24(31)29-26(30)33)11-16-12-21(28)23(22(13-16)35-2)36-14-15-3-5-17(27)6-4-15/h3-13H,14H2,1-2H3,(H,29,31,33)/b20-11+. The summed E-state index contributed by atoms with van der Waals surface area (Å²) >= 11 is 12.4. The number of halogens is 2. The number of imide groups is 2. The Morgan fingerprint density at radius 3 is 2.25 bits per heavy atom. The maximum absolute atomic E-state index is 13.1. The van der Waals surface area contributed by atoms with Gasteiger partial charge in [-0.25, -0.2) is 9.69 Å². The van der Waals surface area contributed by atoms with Gasteiger partial charge >= 0.3 is 6.03 Å². The lowest BCUT2D eigenvalue weighted by Crippen LogP contribution is -2.54.